The van der Waals surface area contributed by atoms with Crippen LogP contribution in [-0.4, -0.2) is 11.8 Å². The summed E-state index contributed by atoms with van der Waals surface area (Å²) in [6.45, 7) is 4.11. The van der Waals surface area contributed by atoms with Crippen LogP contribution in [0.15, 0.2) is 54.6 Å². The van der Waals surface area contributed by atoms with Gasteiger partial charge in [0.2, 0.25) is 11.8 Å². The van der Waals surface area contributed by atoms with E-state index in [2.05, 4.69) is 26.0 Å². The van der Waals surface area contributed by atoms with Crippen LogP contribution in [0.2, 0.25) is 0 Å². The van der Waals surface area contributed by atoms with E-state index >= 15 is 0 Å². The van der Waals surface area contributed by atoms with Crippen molar-refractivity contribution in [1.82, 2.24) is 0 Å². The quantitative estimate of drug-likeness (QED) is 0.602. The van der Waals surface area contributed by atoms with E-state index < -0.39 is 0 Å². The second-order valence-electron chi connectivity index (χ2n) is 7.85. The molecule has 3 aliphatic rings. The van der Waals surface area contributed by atoms with Gasteiger partial charge in [0, 0.05) is 0 Å². The first-order valence-electron chi connectivity index (χ1n) is 9.44. The van der Waals surface area contributed by atoms with Crippen LogP contribution < -0.4 is 9.64 Å². The minimum absolute atomic E-state index is 0.0512. The highest BCUT2D eigenvalue weighted by Crippen LogP contribution is 2.53. The van der Waals surface area contributed by atoms with Crippen LogP contribution in [0.25, 0.3) is 0 Å². The molecule has 1 saturated heterocycles. The van der Waals surface area contributed by atoms with Crippen molar-refractivity contribution in [1.29, 1.82) is 0 Å². The SMILES string of the molecule is Cc1ccc(Oc2ccc(N3C(=O)C4C5C=CC(C5)C4C3=O)cc2)cc1C. The molecule has 4 nitrogen and oxygen atoms in total. The largest absolute Gasteiger partial charge is 0.457 e. The first kappa shape index (κ1) is 16.3. The van der Waals surface area contributed by atoms with Crippen molar-refractivity contribution in [3.05, 3.63) is 65.7 Å². The van der Waals surface area contributed by atoms with E-state index in [1.54, 1.807) is 12.1 Å². The lowest BCUT2D eigenvalue weighted by atomic mass is 9.85. The number of anilines is 1. The zero-order valence-electron chi connectivity index (χ0n) is 15.4. The number of hydrogen-bond acceptors (Lipinski definition) is 3. The molecule has 2 aromatic carbocycles. The summed E-state index contributed by atoms with van der Waals surface area (Å²) in [5.41, 5.74) is 3.02. The summed E-state index contributed by atoms with van der Waals surface area (Å²) in [7, 11) is 0. The Morgan fingerprint density at radius 2 is 1.41 bits per heavy atom. The predicted molar refractivity (Wildman–Crippen MR) is 103 cm³/mol. The molecule has 2 amide bonds. The van der Waals surface area contributed by atoms with Crippen molar-refractivity contribution < 1.29 is 14.3 Å². The van der Waals surface area contributed by atoms with E-state index in [1.807, 2.05) is 30.3 Å². The molecular weight excluding hydrogens is 338 g/mol. The Kier molecular flexibility index (Phi) is 3.51. The Morgan fingerprint density at radius 3 is 2.00 bits per heavy atom. The number of hydrogen-bond donors (Lipinski definition) is 0. The topological polar surface area (TPSA) is 46.6 Å². The molecule has 2 aliphatic carbocycles. The van der Waals surface area contributed by atoms with Crippen LogP contribution in [0.4, 0.5) is 5.69 Å². The lowest BCUT2D eigenvalue weighted by Gasteiger charge is -2.17. The first-order chi connectivity index (χ1) is 13.0. The molecule has 1 heterocycles. The van der Waals surface area contributed by atoms with Gasteiger partial charge in [-0.2, -0.15) is 0 Å². The number of amides is 2. The zero-order valence-corrected chi connectivity index (χ0v) is 15.4. The van der Waals surface area contributed by atoms with E-state index in [0.717, 1.165) is 12.2 Å². The first-order valence-corrected chi connectivity index (χ1v) is 9.44. The van der Waals surface area contributed by atoms with Crippen molar-refractivity contribution in [2.24, 2.45) is 23.7 Å². The Hall–Kier alpha value is -2.88. The minimum Gasteiger partial charge on any atom is -0.457 e. The highest BCUT2D eigenvalue weighted by atomic mass is 16.5. The number of aryl methyl sites for hydroxylation is 2. The zero-order chi connectivity index (χ0) is 18.7. The summed E-state index contributed by atoms with van der Waals surface area (Å²) in [4.78, 5) is 27.1. The fraction of sp³-hybridized carbons (Fsp3) is 0.304. The van der Waals surface area contributed by atoms with Gasteiger partial charge in [0.05, 0.1) is 17.5 Å². The standard InChI is InChI=1S/C23H21NO3/c1-13-3-8-19(11-14(13)2)27-18-9-6-17(7-10-18)24-22(25)20-15-4-5-16(12-15)21(20)23(24)26/h3-11,15-16,20-21H,12H2,1-2H3. The molecule has 4 heteroatoms. The highest BCUT2D eigenvalue weighted by Gasteiger charge is 2.59. The average molecular weight is 359 g/mol. The van der Waals surface area contributed by atoms with Crippen molar-refractivity contribution in [2.75, 3.05) is 4.90 Å². The third kappa shape index (κ3) is 2.43. The molecule has 0 aromatic heterocycles. The number of carbonyl (C=O) groups excluding carboxylic acids is 2. The van der Waals surface area contributed by atoms with Crippen molar-refractivity contribution in [3.63, 3.8) is 0 Å². The number of imide groups is 1. The maximum atomic E-state index is 12.9. The van der Waals surface area contributed by atoms with Crippen molar-refractivity contribution in [3.8, 4) is 11.5 Å². The van der Waals surface area contributed by atoms with Gasteiger partial charge >= 0.3 is 0 Å². The smallest absolute Gasteiger partial charge is 0.238 e. The van der Waals surface area contributed by atoms with Gasteiger partial charge in [-0.3, -0.25) is 14.5 Å². The molecule has 2 fully saturated rings. The number of ether oxygens (including phenoxy) is 1. The molecule has 4 unspecified atom stereocenters. The molecule has 2 bridgehead atoms. The van der Waals surface area contributed by atoms with Gasteiger partial charge in [-0.1, -0.05) is 18.2 Å². The van der Waals surface area contributed by atoms with Gasteiger partial charge < -0.3 is 4.74 Å². The van der Waals surface area contributed by atoms with Crippen LogP contribution in [0.5, 0.6) is 11.5 Å². The molecule has 1 saturated carbocycles. The molecular formula is C23H21NO3. The van der Waals surface area contributed by atoms with E-state index in [4.69, 9.17) is 4.74 Å². The lowest BCUT2D eigenvalue weighted by Crippen LogP contribution is -2.32. The predicted octanol–water partition coefficient (Wildman–Crippen LogP) is 4.41. The number of fused-ring (bicyclic) bond motifs is 5. The van der Waals surface area contributed by atoms with E-state index in [0.29, 0.717) is 11.4 Å². The van der Waals surface area contributed by atoms with Gasteiger partial charge in [-0.05, 0) is 79.6 Å². The molecule has 2 aromatic rings. The normalized spacial score (nSPS) is 28.1. The van der Waals surface area contributed by atoms with Crippen molar-refractivity contribution >= 4 is 17.5 Å². The Morgan fingerprint density at radius 1 is 0.815 bits per heavy atom. The summed E-state index contributed by atoms with van der Waals surface area (Å²) < 4.78 is 5.91. The minimum atomic E-state index is -0.168. The van der Waals surface area contributed by atoms with Gasteiger partial charge in [0.1, 0.15) is 11.5 Å². The van der Waals surface area contributed by atoms with Crippen LogP contribution in [0.3, 0.4) is 0 Å². The van der Waals surface area contributed by atoms with Crippen LogP contribution >= 0.6 is 0 Å². The third-order valence-corrected chi connectivity index (χ3v) is 6.28. The summed E-state index contributed by atoms with van der Waals surface area (Å²) >= 11 is 0. The fourth-order valence-electron chi connectivity index (χ4n) is 4.73. The molecule has 0 N–H and O–H groups in total. The number of benzene rings is 2. The highest BCUT2D eigenvalue weighted by molar-refractivity contribution is 6.22. The van der Waals surface area contributed by atoms with Gasteiger partial charge in [0.25, 0.3) is 0 Å². The monoisotopic (exact) mass is 359 g/mol. The Balaban J connectivity index is 1.37. The van der Waals surface area contributed by atoms with Crippen LogP contribution in [-0.2, 0) is 9.59 Å². The molecule has 0 radical (unpaired) electrons. The number of rotatable bonds is 3. The maximum Gasteiger partial charge on any atom is 0.238 e. The molecule has 27 heavy (non-hydrogen) atoms. The summed E-state index contributed by atoms with van der Waals surface area (Å²) in [6, 6.07) is 13.2. The lowest BCUT2D eigenvalue weighted by molar-refractivity contribution is -0.123. The average Bonchev–Trinajstić information content (AvgIpc) is 3.33. The van der Waals surface area contributed by atoms with Crippen LogP contribution in [0.1, 0.15) is 17.5 Å². The summed E-state index contributed by atoms with van der Waals surface area (Å²) in [5, 5.41) is 0. The molecule has 0 spiro atoms. The molecule has 1 aliphatic heterocycles. The third-order valence-electron chi connectivity index (χ3n) is 6.28. The molecule has 136 valence electrons. The van der Waals surface area contributed by atoms with E-state index in [1.165, 1.54) is 16.0 Å². The van der Waals surface area contributed by atoms with Crippen molar-refractivity contribution in [2.45, 2.75) is 20.3 Å². The summed E-state index contributed by atoms with van der Waals surface area (Å²) in [6.07, 6.45) is 5.17. The molecule has 4 atom stereocenters. The van der Waals surface area contributed by atoms with Gasteiger partial charge in [-0.15, -0.1) is 0 Å². The summed E-state index contributed by atoms with van der Waals surface area (Å²) in [5.74, 6) is 1.48. The van der Waals surface area contributed by atoms with E-state index in [9.17, 15) is 9.59 Å². The van der Waals surface area contributed by atoms with E-state index in [-0.39, 0.29) is 35.5 Å². The Labute approximate surface area is 158 Å². The maximum absolute atomic E-state index is 12.9. The second kappa shape index (κ2) is 5.81. The fourth-order valence-corrected chi connectivity index (χ4v) is 4.73. The van der Waals surface area contributed by atoms with Gasteiger partial charge in [-0.25, -0.2) is 0 Å². The second-order valence-corrected chi connectivity index (χ2v) is 7.85. The van der Waals surface area contributed by atoms with Crippen LogP contribution in [0, 0.1) is 37.5 Å². The number of nitrogens with zero attached hydrogens (tertiary/aromatic N) is 1. The van der Waals surface area contributed by atoms with Gasteiger partial charge in [0.15, 0.2) is 0 Å². The number of carbonyl (C=O) groups is 2. The Bertz CT molecular complexity index is 946. The molecule has 5 rings (SSSR count). The number of allylic oxidation sites excluding steroid dienone is 2.